The van der Waals surface area contributed by atoms with Crippen molar-refractivity contribution in [3.05, 3.63) is 28.8 Å². The van der Waals surface area contributed by atoms with Crippen LogP contribution in [0, 0.1) is 11.8 Å². The van der Waals surface area contributed by atoms with E-state index in [1.165, 1.54) is 15.9 Å². The molecule has 0 radical (unpaired) electrons. The number of urea groups is 1. The smallest absolute Gasteiger partial charge is 0.321 e. The number of aliphatic carboxylic acids is 1. The highest BCUT2D eigenvalue weighted by Crippen LogP contribution is 2.27. The lowest BCUT2D eigenvalue weighted by Crippen LogP contribution is -2.45. The first-order chi connectivity index (χ1) is 11.7. The standard InChI is InChI=1S/C17H22ClN3O4/c1-10-6-11(16(23)24)9-21(8-10)15(22)13-7-12(4-5-14(13)18)19-17(25)20(2)3/h4-5,7,10-11H,6,8-9H2,1-3H3,(H,19,25)(H,23,24). The van der Waals surface area contributed by atoms with Gasteiger partial charge in [-0.2, -0.15) is 0 Å². The minimum atomic E-state index is -0.901. The number of amides is 3. The maximum atomic E-state index is 12.8. The van der Waals surface area contributed by atoms with Crippen molar-refractivity contribution in [3.8, 4) is 0 Å². The van der Waals surface area contributed by atoms with E-state index in [0.717, 1.165) is 0 Å². The summed E-state index contributed by atoms with van der Waals surface area (Å²) in [4.78, 5) is 38.8. The van der Waals surface area contributed by atoms with Crippen LogP contribution in [0.4, 0.5) is 10.5 Å². The molecule has 0 bridgehead atoms. The number of benzene rings is 1. The number of likely N-dealkylation sites (tertiary alicyclic amines) is 1. The number of carbonyl (C=O) groups excluding carboxylic acids is 2. The molecule has 1 heterocycles. The summed E-state index contributed by atoms with van der Waals surface area (Å²) in [5.74, 6) is -1.72. The molecule has 1 fully saturated rings. The summed E-state index contributed by atoms with van der Waals surface area (Å²) in [5, 5.41) is 12.2. The molecule has 2 atom stereocenters. The molecule has 136 valence electrons. The van der Waals surface area contributed by atoms with Gasteiger partial charge in [-0.25, -0.2) is 4.79 Å². The summed E-state index contributed by atoms with van der Waals surface area (Å²) in [7, 11) is 3.22. The molecule has 1 aliphatic rings. The van der Waals surface area contributed by atoms with Gasteiger partial charge in [-0.3, -0.25) is 9.59 Å². The van der Waals surface area contributed by atoms with Gasteiger partial charge in [0.05, 0.1) is 16.5 Å². The highest BCUT2D eigenvalue weighted by molar-refractivity contribution is 6.34. The largest absolute Gasteiger partial charge is 0.481 e. The van der Waals surface area contributed by atoms with Crippen LogP contribution in [0.1, 0.15) is 23.7 Å². The van der Waals surface area contributed by atoms with Crippen LogP contribution >= 0.6 is 11.6 Å². The summed E-state index contributed by atoms with van der Waals surface area (Å²) in [6, 6.07) is 4.35. The van der Waals surface area contributed by atoms with Gasteiger partial charge >= 0.3 is 12.0 Å². The fourth-order valence-electron chi connectivity index (χ4n) is 2.87. The molecule has 0 saturated carbocycles. The molecule has 8 heteroatoms. The Morgan fingerprint density at radius 2 is 1.96 bits per heavy atom. The van der Waals surface area contributed by atoms with E-state index in [9.17, 15) is 19.5 Å². The number of hydrogen-bond donors (Lipinski definition) is 2. The first-order valence-electron chi connectivity index (χ1n) is 7.99. The maximum absolute atomic E-state index is 12.8. The number of rotatable bonds is 3. The van der Waals surface area contributed by atoms with Crippen LogP contribution in [-0.2, 0) is 4.79 Å². The van der Waals surface area contributed by atoms with E-state index in [1.807, 2.05) is 6.92 Å². The molecule has 1 aromatic carbocycles. The van der Waals surface area contributed by atoms with Crippen LogP contribution in [0.15, 0.2) is 18.2 Å². The summed E-state index contributed by atoms with van der Waals surface area (Å²) in [5.41, 5.74) is 0.697. The molecule has 1 saturated heterocycles. The van der Waals surface area contributed by atoms with Gasteiger partial charge in [-0.05, 0) is 30.5 Å². The van der Waals surface area contributed by atoms with Gasteiger partial charge in [0.25, 0.3) is 5.91 Å². The molecular formula is C17H22ClN3O4. The lowest BCUT2D eigenvalue weighted by atomic mass is 9.90. The van der Waals surface area contributed by atoms with Crippen molar-refractivity contribution < 1.29 is 19.5 Å². The molecule has 2 unspecified atom stereocenters. The summed E-state index contributed by atoms with van der Waals surface area (Å²) < 4.78 is 0. The predicted molar refractivity (Wildman–Crippen MR) is 95.0 cm³/mol. The molecule has 0 aromatic heterocycles. The topological polar surface area (TPSA) is 90.0 Å². The van der Waals surface area contributed by atoms with Crippen molar-refractivity contribution in [3.63, 3.8) is 0 Å². The lowest BCUT2D eigenvalue weighted by Gasteiger charge is -2.35. The zero-order valence-electron chi connectivity index (χ0n) is 14.5. The molecule has 3 amide bonds. The van der Waals surface area contributed by atoms with Gasteiger partial charge in [0.15, 0.2) is 0 Å². The number of halogens is 1. The van der Waals surface area contributed by atoms with Crippen molar-refractivity contribution in [2.24, 2.45) is 11.8 Å². The minimum Gasteiger partial charge on any atom is -0.481 e. The first kappa shape index (κ1) is 19.1. The molecular weight excluding hydrogens is 346 g/mol. The van der Waals surface area contributed by atoms with Crippen molar-refractivity contribution in [2.45, 2.75) is 13.3 Å². The second-order valence-corrected chi connectivity index (χ2v) is 7.01. The summed E-state index contributed by atoms with van der Waals surface area (Å²) >= 11 is 6.16. The third-order valence-electron chi connectivity index (χ3n) is 4.15. The SMILES string of the molecule is CC1CC(C(=O)O)CN(C(=O)c2cc(NC(=O)N(C)C)ccc2Cl)C1. The van der Waals surface area contributed by atoms with Gasteiger partial charge < -0.3 is 20.2 Å². The highest BCUT2D eigenvalue weighted by atomic mass is 35.5. The Balaban J connectivity index is 2.23. The normalized spacial score (nSPS) is 20.1. The molecule has 2 N–H and O–H groups in total. The molecule has 0 spiro atoms. The average molecular weight is 368 g/mol. The monoisotopic (exact) mass is 367 g/mol. The number of hydrogen-bond acceptors (Lipinski definition) is 3. The first-order valence-corrected chi connectivity index (χ1v) is 8.36. The van der Waals surface area contributed by atoms with E-state index < -0.39 is 11.9 Å². The third-order valence-corrected chi connectivity index (χ3v) is 4.48. The van der Waals surface area contributed by atoms with E-state index in [4.69, 9.17) is 11.6 Å². The van der Waals surface area contributed by atoms with E-state index in [0.29, 0.717) is 18.7 Å². The molecule has 2 rings (SSSR count). The summed E-state index contributed by atoms with van der Waals surface area (Å²) in [6.07, 6.45) is 0.547. The van der Waals surface area contributed by atoms with E-state index in [-0.39, 0.29) is 35.0 Å². The van der Waals surface area contributed by atoms with Crippen LogP contribution < -0.4 is 5.32 Å². The number of anilines is 1. The third kappa shape index (κ3) is 4.63. The number of carboxylic acid groups (broad SMARTS) is 1. The van der Waals surface area contributed by atoms with Crippen molar-refractivity contribution in [1.82, 2.24) is 9.80 Å². The van der Waals surface area contributed by atoms with E-state index in [2.05, 4.69) is 5.32 Å². The fraction of sp³-hybridized carbons (Fsp3) is 0.471. The number of nitrogens with zero attached hydrogens (tertiary/aromatic N) is 2. The minimum absolute atomic E-state index is 0.0919. The Kier molecular flexibility index (Phi) is 5.89. The maximum Gasteiger partial charge on any atom is 0.321 e. The van der Waals surface area contributed by atoms with Gasteiger partial charge in [0, 0.05) is 32.9 Å². The Hall–Kier alpha value is -2.28. The van der Waals surface area contributed by atoms with Crippen LogP contribution in [0.2, 0.25) is 5.02 Å². The number of carboxylic acids is 1. The quantitative estimate of drug-likeness (QED) is 0.859. The fourth-order valence-corrected chi connectivity index (χ4v) is 3.07. The van der Waals surface area contributed by atoms with Crippen molar-refractivity contribution >= 4 is 35.2 Å². The Morgan fingerprint density at radius 3 is 2.56 bits per heavy atom. The highest BCUT2D eigenvalue weighted by Gasteiger charge is 2.33. The second-order valence-electron chi connectivity index (χ2n) is 6.61. The molecule has 1 aliphatic heterocycles. The van der Waals surface area contributed by atoms with Crippen LogP contribution in [0.5, 0.6) is 0 Å². The predicted octanol–water partition coefficient (Wildman–Crippen LogP) is 2.62. The average Bonchev–Trinajstić information content (AvgIpc) is 2.55. The molecule has 25 heavy (non-hydrogen) atoms. The Labute approximate surface area is 151 Å². The molecule has 0 aliphatic carbocycles. The van der Waals surface area contributed by atoms with Crippen LogP contribution in [0.25, 0.3) is 0 Å². The summed E-state index contributed by atoms with van der Waals surface area (Å²) in [6.45, 7) is 2.56. The van der Waals surface area contributed by atoms with Crippen LogP contribution in [0.3, 0.4) is 0 Å². The van der Waals surface area contributed by atoms with Crippen LogP contribution in [-0.4, -0.2) is 60.0 Å². The number of piperidine rings is 1. The molecule has 7 nitrogen and oxygen atoms in total. The Morgan fingerprint density at radius 1 is 1.28 bits per heavy atom. The Bertz CT molecular complexity index is 692. The van der Waals surface area contributed by atoms with Crippen molar-refractivity contribution in [1.29, 1.82) is 0 Å². The van der Waals surface area contributed by atoms with Gasteiger partial charge in [-0.1, -0.05) is 18.5 Å². The van der Waals surface area contributed by atoms with Crippen molar-refractivity contribution in [2.75, 3.05) is 32.5 Å². The van der Waals surface area contributed by atoms with E-state index >= 15 is 0 Å². The molecule has 1 aromatic rings. The lowest BCUT2D eigenvalue weighted by molar-refractivity contribution is -0.143. The zero-order chi connectivity index (χ0) is 18.7. The van der Waals surface area contributed by atoms with Gasteiger partial charge in [-0.15, -0.1) is 0 Å². The van der Waals surface area contributed by atoms with Gasteiger partial charge in [0.1, 0.15) is 0 Å². The van der Waals surface area contributed by atoms with Gasteiger partial charge in [0.2, 0.25) is 0 Å². The zero-order valence-corrected chi connectivity index (χ0v) is 15.2. The second kappa shape index (κ2) is 7.74. The van der Waals surface area contributed by atoms with E-state index in [1.54, 1.807) is 26.2 Å². The number of nitrogens with one attached hydrogen (secondary N) is 1. The number of carbonyl (C=O) groups is 3.